The molecule has 0 radical (unpaired) electrons. The zero-order valence-electron chi connectivity index (χ0n) is 15.7. The van der Waals surface area contributed by atoms with E-state index in [4.69, 9.17) is 0 Å². The van der Waals surface area contributed by atoms with Crippen molar-refractivity contribution in [1.82, 2.24) is 40.1 Å². The van der Waals surface area contributed by atoms with Crippen LogP contribution in [0.4, 0.5) is 8.78 Å². The molecule has 0 unspecified atom stereocenters. The van der Waals surface area contributed by atoms with Gasteiger partial charge >= 0.3 is 0 Å². The summed E-state index contributed by atoms with van der Waals surface area (Å²) in [6, 6.07) is 8.64. The third kappa shape index (κ3) is 3.27. The molecule has 0 saturated carbocycles. The third-order valence-corrected chi connectivity index (χ3v) is 5.12. The Balaban J connectivity index is 1.39. The lowest BCUT2D eigenvalue weighted by Gasteiger charge is -2.31. The first-order chi connectivity index (χ1) is 14.5. The molecule has 1 aromatic carbocycles. The van der Waals surface area contributed by atoms with Gasteiger partial charge in [0.05, 0.1) is 17.4 Å². The number of nitrogens with zero attached hydrogens (tertiary/aromatic N) is 7. The monoisotopic (exact) mass is 410 g/mol. The molecule has 1 amide bonds. The van der Waals surface area contributed by atoms with Crippen molar-refractivity contribution in [3.8, 4) is 17.2 Å². The number of H-pyrrole nitrogens is 1. The number of fused-ring (bicyclic) bond motifs is 1. The lowest BCUT2D eigenvalue weighted by molar-refractivity contribution is -0.0494. The highest BCUT2D eigenvalue weighted by Crippen LogP contribution is 2.28. The fourth-order valence-corrected chi connectivity index (χ4v) is 3.45. The van der Waals surface area contributed by atoms with Crippen LogP contribution in [0.15, 0.2) is 42.9 Å². The minimum Gasteiger partial charge on any atom is -0.338 e. The van der Waals surface area contributed by atoms with Gasteiger partial charge in [-0.25, -0.2) is 18.4 Å². The van der Waals surface area contributed by atoms with Gasteiger partial charge in [-0.15, -0.1) is 5.10 Å². The molecule has 9 nitrogen and oxygen atoms in total. The second kappa shape index (κ2) is 6.94. The number of benzene rings is 1. The van der Waals surface area contributed by atoms with Crippen molar-refractivity contribution in [2.24, 2.45) is 0 Å². The number of carbonyl (C=O) groups excluding carboxylic acids is 1. The SMILES string of the molecule is O=C(c1ccc2c(c1)nnn2-c1ccc(-c2ncn[nH]2)nc1)N1CCC(F)(F)CC1. The van der Waals surface area contributed by atoms with E-state index in [0.29, 0.717) is 33.8 Å². The van der Waals surface area contributed by atoms with Gasteiger partial charge in [-0.1, -0.05) is 5.21 Å². The molecular formula is C19H16F2N8O. The topological polar surface area (TPSA) is 105 Å². The summed E-state index contributed by atoms with van der Waals surface area (Å²) < 4.78 is 28.3. The van der Waals surface area contributed by atoms with Gasteiger partial charge < -0.3 is 4.90 Å². The number of piperidine rings is 1. The van der Waals surface area contributed by atoms with Crippen LogP contribution in [0.5, 0.6) is 0 Å². The molecule has 1 aliphatic heterocycles. The number of rotatable bonds is 3. The number of aromatic nitrogens is 7. The molecular weight excluding hydrogens is 394 g/mol. The maximum absolute atomic E-state index is 13.3. The summed E-state index contributed by atoms with van der Waals surface area (Å²) in [5.74, 6) is -2.41. The Morgan fingerprint density at radius 3 is 2.63 bits per heavy atom. The molecule has 4 heterocycles. The number of aromatic amines is 1. The van der Waals surface area contributed by atoms with Crippen LogP contribution in [0, 0.1) is 0 Å². The van der Waals surface area contributed by atoms with Crippen LogP contribution in [-0.2, 0) is 0 Å². The molecule has 3 aromatic heterocycles. The van der Waals surface area contributed by atoms with Gasteiger partial charge in [0.15, 0.2) is 5.82 Å². The highest BCUT2D eigenvalue weighted by atomic mass is 19.3. The number of halogens is 2. The molecule has 1 fully saturated rings. The van der Waals surface area contributed by atoms with Crippen molar-refractivity contribution in [2.75, 3.05) is 13.1 Å². The number of alkyl halides is 2. The van der Waals surface area contributed by atoms with Gasteiger partial charge in [-0.2, -0.15) is 5.10 Å². The summed E-state index contributed by atoms with van der Waals surface area (Å²) in [4.78, 5) is 22.6. The lowest BCUT2D eigenvalue weighted by atomic mass is 10.1. The number of hydrogen-bond donors (Lipinski definition) is 1. The van der Waals surface area contributed by atoms with Gasteiger partial charge in [-0.05, 0) is 30.3 Å². The molecule has 0 aliphatic carbocycles. The summed E-state index contributed by atoms with van der Waals surface area (Å²) in [6.07, 6.45) is 2.42. The highest BCUT2D eigenvalue weighted by molar-refractivity contribution is 5.97. The molecule has 30 heavy (non-hydrogen) atoms. The first-order valence-electron chi connectivity index (χ1n) is 9.35. The van der Waals surface area contributed by atoms with Crippen LogP contribution in [0.1, 0.15) is 23.2 Å². The second-order valence-corrected chi connectivity index (χ2v) is 7.09. The van der Waals surface area contributed by atoms with Crippen LogP contribution in [0.3, 0.4) is 0 Å². The zero-order valence-corrected chi connectivity index (χ0v) is 15.7. The fourth-order valence-electron chi connectivity index (χ4n) is 3.45. The maximum Gasteiger partial charge on any atom is 0.253 e. The predicted molar refractivity (Wildman–Crippen MR) is 102 cm³/mol. The van der Waals surface area contributed by atoms with Crippen molar-refractivity contribution in [3.05, 3.63) is 48.4 Å². The molecule has 1 aliphatic rings. The van der Waals surface area contributed by atoms with Gasteiger partial charge in [-0.3, -0.25) is 14.9 Å². The van der Waals surface area contributed by atoms with Crippen LogP contribution >= 0.6 is 0 Å². The van der Waals surface area contributed by atoms with E-state index in [-0.39, 0.29) is 31.8 Å². The standard InChI is InChI=1S/C19H16F2N8O/c20-19(21)5-7-28(8-6-19)18(30)12-1-4-16-15(9-12)25-27-29(16)13-2-3-14(22-10-13)17-23-11-24-26-17/h1-4,9-11H,5-8H2,(H,23,24,26). The quantitative estimate of drug-likeness (QED) is 0.556. The summed E-state index contributed by atoms with van der Waals surface area (Å²) in [6.45, 7) is 0.0829. The highest BCUT2D eigenvalue weighted by Gasteiger charge is 2.35. The maximum atomic E-state index is 13.3. The molecule has 4 aromatic rings. The Morgan fingerprint density at radius 1 is 1.10 bits per heavy atom. The molecule has 1 saturated heterocycles. The van der Waals surface area contributed by atoms with E-state index in [1.807, 2.05) is 6.07 Å². The van der Waals surface area contributed by atoms with Crippen molar-refractivity contribution in [1.29, 1.82) is 0 Å². The summed E-state index contributed by atoms with van der Waals surface area (Å²) >= 11 is 0. The summed E-state index contributed by atoms with van der Waals surface area (Å²) in [5.41, 5.74) is 2.96. The van der Waals surface area contributed by atoms with E-state index in [1.54, 1.807) is 35.1 Å². The van der Waals surface area contributed by atoms with Gasteiger partial charge in [0.25, 0.3) is 11.8 Å². The molecule has 0 bridgehead atoms. The minimum absolute atomic E-state index is 0.0414. The van der Waals surface area contributed by atoms with Crippen LogP contribution < -0.4 is 0 Å². The van der Waals surface area contributed by atoms with Crippen molar-refractivity contribution in [3.63, 3.8) is 0 Å². The van der Waals surface area contributed by atoms with Crippen molar-refractivity contribution in [2.45, 2.75) is 18.8 Å². The Morgan fingerprint density at radius 2 is 1.93 bits per heavy atom. The smallest absolute Gasteiger partial charge is 0.253 e. The summed E-state index contributed by atoms with van der Waals surface area (Å²) in [7, 11) is 0. The minimum atomic E-state index is -2.69. The van der Waals surface area contributed by atoms with E-state index < -0.39 is 5.92 Å². The number of pyridine rings is 1. The van der Waals surface area contributed by atoms with Gasteiger partial charge in [0, 0.05) is 31.5 Å². The number of hydrogen-bond acceptors (Lipinski definition) is 6. The Labute approximate surface area is 168 Å². The van der Waals surface area contributed by atoms with Crippen LogP contribution in [0.2, 0.25) is 0 Å². The Hall–Kier alpha value is -3.76. The average Bonchev–Trinajstić information content (AvgIpc) is 3.43. The largest absolute Gasteiger partial charge is 0.338 e. The third-order valence-electron chi connectivity index (χ3n) is 5.12. The number of nitrogens with one attached hydrogen (secondary N) is 1. The Bertz CT molecular complexity index is 1190. The molecule has 5 rings (SSSR count). The number of carbonyl (C=O) groups is 1. The normalized spacial score (nSPS) is 16.1. The number of amides is 1. The number of likely N-dealkylation sites (tertiary alicyclic amines) is 1. The van der Waals surface area contributed by atoms with Crippen LogP contribution in [-0.4, -0.2) is 65.0 Å². The first kappa shape index (κ1) is 18.3. The summed E-state index contributed by atoms with van der Waals surface area (Å²) in [5, 5.41) is 14.9. The van der Waals surface area contributed by atoms with E-state index in [1.165, 1.54) is 11.2 Å². The molecule has 0 atom stereocenters. The van der Waals surface area contributed by atoms with Gasteiger partial charge in [0.1, 0.15) is 17.5 Å². The Kier molecular flexibility index (Phi) is 4.23. The van der Waals surface area contributed by atoms with E-state index in [9.17, 15) is 13.6 Å². The lowest BCUT2D eigenvalue weighted by Crippen LogP contribution is -2.42. The molecule has 11 heteroatoms. The van der Waals surface area contributed by atoms with Crippen molar-refractivity contribution >= 4 is 16.9 Å². The van der Waals surface area contributed by atoms with Crippen molar-refractivity contribution < 1.29 is 13.6 Å². The molecule has 0 spiro atoms. The molecule has 1 N–H and O–H groups in total. The van der Waals surface area contributed by atoms with E-state index in [2.05, 4.69) is 30.5 Å². The van der Waals surface area contributed by atoms with Crippen LogP contribution in [0.25, 0.3) is 28.2 Å². The van der Waals surface area contributed by atoms with Gasteiger partial charge in [0.2, 0.25) is 0 Å². The molecule has 152 valence electrons. The zero-order chi connectivity index (χ0) is 20.7. The first-order valence-corrected chi connectivity index (χ1v) is 9.35. The predicted octanol–water partition coefficient (Wildman–Crippen LogP) is 2.47. The van der Waals surface area contributed by atoms with E-state index >= 15 is 0 Å². The fraction of sp³-hybridized carbons (Fsp3) is 0.263. The second-order valence-electron chi connectivity index (χ2n) is 7.09. The van der Waals surface area contributed by atoms with E-state index in [0.717, 1.165) is 0 Å². The average molecular weight is 410 g/mol.